The molecule has 0 aromatic heterocycles. The van der Waals surface area contributed by atoms with E-state index in [0.29, 0.717) is 12.0 Å². The first-order valence-electron chi connectivity index (χ1n) is 5.72. The zero-order valence-electron chi connectivity index (χ0n) is 9.28. The van der Waals surface area contributed by atoms with Crippen molar-refractivity contribution in [2.45, 2.75) is 18.9 Å². The zero-order valence-corrected chi connectivity index (χ0v) is 9.28. The molecule has 1 aromatic carbocycles. The van der Waals surface area contributed by atoms with Crippen molar-refractivity contribution in [1.82, 2.24) is 5.32 Å². The van der Waals surface area contributed by atoms with Crippen LogP contribution in [0.25, 0.3) is 0 Å². The van der Waals surface area contributed by atoms with Crippen LogP contribution in [-0.4, -0.2) is 20.3 Å². The Labute approximate surface area is 91.6 Å². The molecule has 1 unspecified atom stereocenters. The summed E-state index contributed by atoms with van der Waals surface area (Å²) in [5.41, 5.74) is 1.40. The van der Waals surface area contributed by atoms with Gasteiger partial charge in [0.2, 0.25) is 0 Å². The molecule has 82 valence electrons. The van der Waals surface area contributed by atoms with Crippen molar-refractivity contribution >= 4 is 0 Å². The number of benzene rings is 1. The molecule has 1 aliphatic rings. The van der Waals surface area contributed by atoms with E-state index in [9.17, 15) is 0 Å². The molecular weight excluding hydrogens is 186 g/mol. The summed E-state index contributed by atoms with van der Waals surface area (Å²) in [5.74, 6) is 0.714. The van der Waals surface area contributed by atoms with E-state index in [1.807, 2.05) is 7.05 Å². The van der Waals surface area contributed by atoms with Gasteiger partial charge in [0.15, 0.2) is 0 Å². The van der Waals surface area contributed by atoms with Crippen LogP contribution in [0.1, 0.15) is 24.4 Å². The third-order valence-corrected chi connectivity index (χ3v) is 3.21. The molecular formula is C13H19NO. The monoisotopic (exact) mass is 205 g/mol. The van der Waals surface area contributed by atoms with Gasteiger partial charge in [0.1, 0.15) is 0 Å². The summed E-state index contributed by atoms with van der Waals surface area (Å²) >= 11 is 0. The van der Waals surface area contributed by atoms with Gasteiger partial charge in [-0.25, -0.2) is 0 Å². The van der Waals surface area contributed by atoms with E-state index in [4.69, 9.17) is 4.74 Å². The molecule has 0 radical (unpaired) electrons. The first-order valence-corrected chi connectivity index (χ1v) is 5.72. The molecule has 1 fully saturated rings. The standard InChI is InChI=1S/C13H19NO/c1-14-13(11-5-3-2-4-6-11)12-7-9-15-10-8-12/h2-6,12-14H,7-10H2,1H3. The van der Waals surface area contributed by atoms with E-state index in [1.165, 1.54) is 18.4 Å². The maximum atomic E-state index is 5.40. The highest BCUT2D eigenvalue weighted by molar-refractivity contribution is 5.19. The maximum absolute atomic E-state index is 5.40. The van der Waals surface area contributed by atoms with E-state index in [-0.39, 0.29) is 0 Å². The first-order chi connectivity index (χ1) is 7.42. The van der Waals surface area contributed by atoms with Crippen molar-refractivity contribution in [2.24, 2.45) is 5.92 Å². The lowest BCUT2D eigenvalue weighted by atomic mass is 9.87. The molecule has 0 saturated carbocycles. The third-order valence-electron chi connectivity index (χ3n) is 3.21. The second-order valence-electron chi connectivity index (χ2n) is 4.13. The van der Waals surface area contributed by atoms with Crippen molar-refractivity contribution < 1.29 is 4.74 Å². The number of nitrogens with one attached hydrogen (secondary N) is 1. The summed E-state index contributed by atoms with van der Waals surface area (Å²) in [7, 11) is 2.05. The van der Waals surface area contributed by atoms with Crippen LogP contribution < -0.4 is 5.32 Å². The van der Waals surface area contributed by atoms with Gasteiger partial charge in [-0.1, -0.05) is 30.3 Å². The van der Waals surface area contributed by atoms with Gasteiger partial charge < -0.3 is 10.1 Å². The van der Waals surface area contributed by atoms with Gasteiger partial charge >= 0.3 is 0 Å². The van der Waals surface area contributed by atoms with E-state index in [2.05, 4.69) is 35.6 Å². The molecule has 2 rings (SSSR count). The molecule has 2 nitrogen and oxygen atoms in total. The fraction of sp³-hybridized carbons (Fsp3) is 0.538. The van der Waals surface area contributed by atoms with Crippen LogP contribution in [0.4, 0.5) is 0 Å². The molecule has 1 atom stereocenters. The largest absolute Gasteiger partial charge is 0.381 e. The Morgan fingerprint density at radius 2 is 1.87 bits per heavy atom. The van der Waals surface area contributed by atoms with E-state index < -0.39 is 0 Å². The van der Waals surface area contributed by atoms with Crippen LogP contribution in [0.2, 0.25) is 0 Å². The highest BCUT2D eigenvalue weighted by Gasteiger charge is 2.23. The Hall–Kier alpha value is -0.860. The summed E-state index contributed by atoms with van der Waals surface area (Å²) in [5, 5.41) is 3.43. The van der Waals surface area contributed by atoms with Gasteiger partial charge in [-0.3, -0.25) is 0 Å². The minimum atomic E-state index is 0.482. The van der Waals surface area contributed by atoms with Gasteiger partial charge in [-0.05, 0) is 31.4 Å². The van der Waals surface area contributed by atoms with Crippen LogP contribution in [0.3, 0.4) is 0 Å². The van der Waals surface area contributed by atoms with Gasteiger partial charge in [0.25, 0.3) is 0 Å². The normalized spacial score (nSPS) is 20.1. The Kier molecular flexibility index (Phi) is 3.75. The number of ether oxygens (including phenoxy) is 1. The van der Waals surface area contributed by atoms with Gasteiger partial charge in [-0.15, -0.1) is 0 Å². The smallest absolute Gasteiger partial charge is 0.0469 e. The van der Waals surface area contributed by atoms with Gasteiger partial charge in [0.05, 0.1) is 0 Å². The van der Waals surface area contributed by atoms with E-state index in [0.717, 1.165) is 13.2 Å². The van der Waals surface area contributed by atoms with E-state index >= 15 is 0 Å². The molecule has 15 heavy (non-hydrogen) atoms. The van der Waals surface area contributed by atoms with Crippen molar-refractivity contribution in [3.8, 4) is 0 Å². The van der Waals surface area contributed by atoms with Gasteiger partial charge in [-0.2, -0.15) is 0 Å². The summed E-state index contributed by atoms with van der Waals surface area (Å²) in [6.45, 7) is 1.82. The molecule has 1 saturated heterocycles. The third kappa shape index (κ3) is 2.58. The summed E-state index contributed by atoms with van der Waals surface area (Å²) in [6, 6.07) is 11.2. The molecule has 1 aliphatic heterocycles. The number of rotatable bonds is 3. The quantitative estimate of drug-likeness (QED) is 0.818. The molecule has 0 aliphatic carbocycles. The lowest BCUT2D eigenvalue weighted by Crippen LogP contribution is -2.29. The Morgan fingerprint density at radius 3 is 2.47 bits per heavy atom. The predicted molar refractivity (Wildman–Crippen MR) is 61.8 cm³/mol. The molecule has 0 bridgehead atoms. The first kappa shape index (κ1) is 10.7. The second kappa shape index (κ2) is 5.29. The average Bonchev–Trinajstić information content (AvgIpc) is 2.33. The van der Waals surface area contributed by atoms with Crippen molar-refractivity contribution in [3.63, 3.8) is 0 Å². The minimum absolute atomic E-state index is 0.482. The van der Waals surface area contributed by atoms with Crippen LogP contribution in [0.5, 0.6) is 0 Å². The fourth-order valence-electron chi connectivity index (χ4n) is 2.38. The summed E-state index contributed by atoms with van der Waals surface area (Å²) < 4.78 is 5.40. The highest BCUT2D eigenvalue weighted by Crippen LogP contribution is 2.29. The Bertz CT molecular complexity index is 280. The second-order valence-corrected chi connectivity index (χ2v) is 4.13. The van der Waals surface area contributed by atoms with Crippen molar-refractivity contribution in [1.29, 1.82) is 0 Å². The minimum Gasteiger partial charge on any atom is -0.381 e. The summed E-state index contributed by atoms with van der Waals surface area (Å²) in [4.78, 5) is 0. The lowest BCUT2D eigenvalue weighted by Gasteiger charge is -2.30. The van der Waals surface area contributed by atoms with E-state index in [1.54, 1.807) is 0 Å². The van der Waals surface area contributed by atoms with Crippen LogP contribution >= 0.6 is 0 Å². The summed E-state index contributed by atoms with van der Waals surface area (Å²) in [6.07, 6.45) is 2.33. The van der Waals surface area contributed by atoms with Crippen LogP contribution in [0, 0.1) is 5.92 Å². The van der Waals surface area contributed by atoms with Crippen molar-refractivity contribution in [2.75, 3.05) is 20.3 Å². The molecule has 1 aromatic rings. The van der Waals surface area contributed by atoms with Gasteiger partial charge in [0, 0.05) is 19.3 Å². The van der Waals surface area contributed by atoms with Crippen molar-refractivity contribution in [3.05, 3.63) is 35.9 Å². The lowest BCUT2D eigenvalue weighted by molar-refractivity contribution is 0.0546. The molecule has 2 heteroatoms. The molecule has 1 heterocycles. The SMILES string of the molecule is CNC(c1ccccc1)C1CCOCC1. The number of hydrogen-bond acceptors (Lipinski definition) is 2. The Morgan fingerprint density at radius 1 is 1.20 bits per heavy atom. The molecule has 0 amide bonds. The molecule has 1 N–H and O–H groups in total. The zero-order chi connectivity index (χ0) is 10.5. The number of hydrogen-bond donors (Lipinski definition) is 1. The Balaban J connectivity index is 2.09. The fourth-order valence-corrected chi connectivity index (χ4v) is 2.38. The van der Waals surface area contributed by atoms with Crippen LogP contribution in [0.15, 0.2) is 30.3 Å². The predicted octanol–water partition coefficient (Wildman–Crippen LogP) is 2.37. The maximum Gasteiger partial charge on any atom is 0.0469 e. The topological polar surface area (TPSA) is 21.3 Å². The average molecular weight is 205 g/mol. The van der Waals surface area contributed by atoms with Crippen LogP contribution in [-0.2, 0) is 4.74 Å². The molecule has 0 spiro atoms. The highest BCUT2D eigenvalue weighted by atomic mass is 16.5.